The van der Waals surface area contributed by atoms with Crippen molar-refractivity contribution in [2.45, 2.75) is 23.5 Å². The standard InChI is InChI=1S/C23H20ClN3O4S2/c1-2-19(33-17-5-3-4-16(12-17)25-20(28)10-11-21(29)30)22(31)27-23-26-18(13-32-23)14-6-8-15(24)9-7-14/h3-13,19H,2H2,1H3,(H,25,28)(H,29,30)(H,26,27,31)/b11-10+. The molecule has 0 bridgehead atoms. The highest BCUT2D eigenvalue weighted by molar-refractivity contribution is 8.00. The molecule has 1 aromatic heterocycles. The zero-order chi connectivity index (χ0) is 23.8. The Labute approximate surface area is 203 Å². The number of carbonyl (C=O) groups excluding carboxylic acids is 2. The number of aliphatic carboxylic acids is 1. The van der Waals surface area contributed by atoms with Crippen LogP contribution in [0.5, 0.6) is 0 Å². The summed E-state index contributed by atoms with van der Waals surface area (Å²) < 4.78 is 0. The molecule has 0 aliphatic rings. The zero-order valence-corrected chi connectivity index (χ0v) is 19.8. The molecule has 3 aromatic rings. The number of nitrogens with zero attached hydrogens (tertiary/aromatic N) is 1. The second-order valence-electron chi connectivity index (χ2n) is 6.74. The first-order valence-corrected chi connectivity index (χ1v) is 12.0. The molecule has 0 aliphatic heterocycles. The molecular formula is C23H20ClN3O4S2. The van der Waals surface area contributed by atoms with Crippen LogP contribution in [0.3, 0.4) is 0 Å². The molecule has 2 aromatic carbocycles. The maximum absolute atomic E-state index is 12.8. The van der Waals surface area contributed by atoms with Crippen molar-refractivity contribution >= 4 is 63.3 Å². The Kier molecular flexibility index (Phi) is 8.65. The van der Waals surface area contributed by atoms with Crippen molar-refractivity contribution in [2.75, 3.05) is 10.6 Å². The highest BCUT2D eigenvalue weighted by atomic mass is 35.5. The van der Waals surface area contributed by atoms with E-state index in [0.29, 0.717) is 22.3 Å². The molecule has 0 radical (unpaired) electrons. The summed E-state index contributed by atoms with van der Waals surface area (Å²) in [5, 5.41) is 16.7. The Bertz CT molecular complexity index is 1180. The van der Waals surface area contributed by atoms with Crippen LogP contribution in [0.1, 0.15) is 13.3 Å². The smallest absolute Gasteiger partial charge is 0.328 e. The van der Waals surface area contributed by atoms with E-state index in [9.17, 15) is 14.4 Å². The minimum atomic E-state index is -1.20. The van der Waals surface area contributed by atoms with Gasteiger partial charge in [-0.05, 0) is 36.8 Å². The van der Waals surface area contributed by atoms with Gasteiger partial charge in [-0.15, -0.1) is 23.1 Å². The monoisotopic (exact) mass is 501 g/mol. The number of hydrogen-bond donors (Lipinski definition) is 3. The lowest BCUT2D eigenvalue weighted by Crippen LogP contribution is -2.24. The second kappa shape index (κ2) is 11.6. The van der Waals surface area contributed by atoms with E-state index in [4.69, 9.17) is 16.7 Å². The van der Waals surface area contributed by atoms with Gasteiger partial charge in [0.1, 0.15) is 0 Å². The van der Waals surface area contributed by atoms with Crippen LogP contribution < -0.4 is 10.6 Å². The number of nitrogens with one attached hydrogen (secondary N) is 2. The van der Waals surface area contributed by atoms with Gasteiger partial charge in [-0.1, -0.05) is 36.7 Å². The molecule has 3 N–H and O–H groups in total. The summed E-state index contributed by atoms with van der Waals surface area (Å²) in [4.78, 5) is 40.4. The highest BCUT2D eigenvalue weighted by Gasteiger charge is 2.20. The van der Waals surface area contributed by atoms with Crippen molar-refractivity contribution < 1.29 is 19.5 Å². The van der Waals surface area contributed by atoms with E-state index in [1.54, 1.807) is 30.3 Å². The maximum atomic E-state index is 12.8. The highest BCUT2D eigenvalue weighted by Crippen LogP contribution is 2.30. The van der Waals surface area contributed by atoms with E-state index in [-0.39, 0.29) is 11.2 Å². The van der Waals surface area contributed by atoms with Crippen LogP contribution in [0.4, 0.5) is 10.8 Å². The van der Waals surface area contributed by atoms with Crippen LogP contribution in [-0.2, 0) is 14.4 Å². The van der Waals surface area contributed by atoms with Crippen molar-refractivity contribution in [3.05, 3.63) is 71.1 Å². The summed E-state index contributed by atoms with van der Waals surface area (Å²) in [7, 11) is 0. The average molecular weight is 502 g/mol. The van der Waals surface area contributed by atoms with Crippen LogP contribution in [0, 0.1) is 0 Å². The van der Waals surface area contributed by atoms with Crippen molar-refractivity contribution in [1.29, 1.82) is 0 Å². The quantitative estimate of drug-likeness (QED) is 0.262. The van der Waals surface area contributed by atoms with Gasteiger partial charge in [0.2, 0.25) is 11.8 Å². The molecular weight excluding hydrogens is 482 g/mol. The van der Waals surface area contributed by atoms with E-state index >= 15 is 0 Å². The number of carboxylic acids is 1. The third-order valence-electron chi connectivity index (χ3n) is 4.29. The lowest BCUT2D eigenvalue weighted by molar-refractivity contribution is -0.131. The van der Waals surface area contributed by atoms with Gasteiger partial charge in [0.15, 0.2) is 5.13 Å². The number of aromatic nitrogens is 1. The normalized spacial score (nSPS) is 11.8. The molecule has 0 saturated heterocycles. The first-order valence-electron chi connectivity index (χ1n) is 9.85. The van der Waals surface area contributed by atoms with Gasteiger partial charge in [0.25, 0.3) is 0 Å². The number of amides is 2. The minimum Gasteiger partial charge on any atom is -0.478 e. The van der Waals surface area contributed by atoms with Gasteiger partial charge in [-0.3, -0.25) is 9.59 Å². The Morgan fingerprint density at radius 3 is 2.61 bits per heavy atom. The molecule has 3 rings (SSSR count). The lowest BCUT2D eigenvalue weighted by atomic mass is 10.2. The van der Waals surface area contributed by atoms with Crippen LogP contribution in [0.25, 0.3) is 11.3 Å². The van der Waals surface area contributed by atoms with Crippen LogP contribution in [0.2, 0.25) is 5.02 Å². The minimum absolute atomic E-state index is 0.168. The van der Waals surface area contributed by atoms with Gasteiger partial charge in [-0.25, -0.2) is 9.78 Å². The number of thioether (sulfide) groups is 1. The molecule has 1 atom stereocenters. The Morgan fingerprint density at radius 2 is 1.91 bits per heavy atom. The molecule has 0 aliphatic carbocycles. The first kappa shape index (κ1) is 24.5. The van der Waals surface area contributed by atoms with E-state index in [1.807, 2.05) is 30.5 Å². The molecule has 170 valence electrons. The third-order valence-corrected chi connectivity index (χ3v) is 6.66. The number of hydrogen-bond acceptors (Lipinski definition) is 6. The Morgan fingerprint density at radius 1 is 1.15 bits per heavy atom. The largest absolute Gasteiger partial charge is 0.478 e. The predicted molar refractivity (Wildman–Crippen MR) is 133 cm³/mol. The molecule has 2 amide bonds. The van der Waals surface area contributed by atoms with Crippen LogP contribution >= 0.6 is 34.7 Å². The molecule has 1 heterocycles. The van der Waals surface area contributed by atoms with Crippen molar-refractivity contribution in [2.24, 2.45) is 0 Å². The number of benzene rings is 2. The summed E-state index contributed by atoms with van der Waals surface area (Å²) in [6.07, 6.45) is 2.29. The number of rotatable bonds is 9. The van der Waals surface area contributed by atoms with Crippen molar-refractivity contribution in [3.8, 4) is 11.3 Å². The van der Waals surface area contributed by atoms with E-state index in [1.165, 1.54) is 23.1 Å². The average Bonchev–Trinajstić information content (AvgIpc) is 3.25. The van der Waals surface area contributed by atoms with Gasteiger partial charge in [0.05, 0.1) is 10.9 Å². The summed E-state index contributed by atoms with van der Waals surface area (Å²) >= 11 is 8.64. The van der Waals surface area contributed by atoms with Crippen LogP contribution in [-0.4, -0.2) is 33.1 Å². The number of thiazole rings is 1. The van der Waals surface area contributed by atoms with E-state index in [0.717, 1.165) is 28.3 Å². The maximum Gasteiger partial charge on any atom is 0.328 e. The van der Waals surface area contributed by atoms with Gasteiger partial charge in [0, 0.05) is 38.7 Å². The molecule has 33 heavy (non-hydrogen) atoms. The molecule has 0 fully saturated rings. The molecule has 0 spiro atoms. The lowest BCUT2D eigenvalue weighted by Gasteiger charge is -2.14. The SMILES string of the molecule is CCC(Sc1cccc(NC(=O)/C=C/C(=O)O)c1)C(=O)Nc1nc(-c2ccc(Cl)cc2)cs1. The third kappa shape index (κ3) is 7.45. The van der Waals surface area contributed by atoms with Gasteiger partial charge >= 0.3 is 5.97 Å². The summed E-state index contributed by atoms with van der Waals surface area (Å²) in [5.41, 5.74) is 2.17. The van der Waals surface area contributed by atoms with Gasteiger partial charge < -0.3 is 15.7 Å². The second-order valence-corrected chi connectivity index (χ2v) is 9.31. The van der Waals surface area contributed by atoms with Crippen molar-refractivity contribution in [3.63, 3.8) is 0 Å². The predicted octanol–water partition coefficient (Wildman–Crippen LogP) is 5.55. The van der Waals surface area contributed by atoms with Crippen molar-refractivity contribution in [1.82, 2.24) is 4.98 Å². The first-order chi connectivity index (χ1) is 15.8. The topological polar surface area (TPSA) is 108 Å². The number of carboxylic acid groups (broad SMARTS) is 1. The van der Waals surface area contributed by atoms with E-state index < -0.39 is 11.9 Å². The molecule has 1 unspecified atom stereocenters. The Balaban J connectivity index is 1.63. The molecule has 0 saturated carbocycles. The number of anilines is 2. The summed E-state index contributed by atoms with van der Waals surface area (Å²) in [6.45, 7) is 1.92. The fourth-order valence-corrected chi connectivity index (χ4v) is 4.60. The van der Waals surface area contributed by atoms with Gasteiger partial charge in [-0.2, -0.15) is 0 Å². The zero-order valence-electron chi connectivity index (χ0n) is 17.4. The molecule has 7 nitrogen and oxygen atoms in total. The summed E-state index contributed by atoms with van der Waals surface area (Å²) in [5.74, 6) is -1.92. The number of halogens is 1. The Hall–Kier alpha value is -3.14. The van der Waals surface area contributed by atoms with E-state index in [2.05, 4.69) is 15.6 Å². The van der Waals surface area contributed by atoms with Crippen LogP contribution in [0.15, 0.2) is 71.0 Å². The number of carbonyl (C=O) groups is 3. The fraction of sp³-hybridized carbons (Fsp3) is 0.130. The molecule has 10 heteroatoms. The fourth-order valence-electron chi connectivity index (χ4n) is 2.73. The summed E-state index contributed by atoms with van der Waals surface area (Å²) in [6, 6.07) is 14.3.